The zero-order chi connectivity index (χ0) is 14.3. The standard InChI is InChI=1S/C13H17Br2NO3/c1-3-19-12(17)4-5-16-8-9-6-10(14)7-11(15)13(9)18-2/h6-7,16H,3-5,8H2,1-2H3. The molecular weight excluding hydrogens is 378 g/mol. The molecule has 0 spiro atoms. The summed E-state index contributed by atoms with van der Waals surface area (Å²) in [4.78, 5) is 11.2. The Kier molecular flexibility index (Phi) is 7.41. The summed E-state index contributed by atoms with van der Waals surface area (Å²) in [5.74, 6) is 0.615. The molecule has 0 heterocycles. The molecule has 0 aliphatic rings. The van der Waals surface area contributed by atoms with E-state index in [2.05, 4.69) is 37.2 Å². The lowest BCUT2D eigenvalue weighted by Crippen LogP contribution is -2.19. The lowest BCUT2D eigenvalue weighted by molar-refractivity contribution is -0.142. The van der Waals surface area contributed by atoms with Gasteiger partial charge in [0.2, 0.25) is 0 Å². The van der Waals surface area contributed by atoms with E-state index in [4.69, 9.17) is 9.47 Å². The summed E-state index contributed by atoms with van der Waals surface area (Å²) in [5, 5.41) is 3.20. The second-order valence-electron chi connectivity index (χ2n) is 3.81. The van der Waals surface area contributed by atoms with Crippen molar-refractivity contribution >= 4 is 37.8 Å². The van der Waals surface area contributed by atoms with Crippen LogP contribution in [0.3, 0.4) is 0 Å². The van der Waals surface area contributed by atoms with Crippen LogP contribution in [0.25, 0.3) is 0 Å². The fraction of sp³-hybridized carbons (Fsp3) is 0.462. The van der Waals surface area contributed by atoms with E-state index < -0.39 is 0 Å². The van der Waals surface area contributed by atoms with Crippen LogP contribution >= 0.6 is 31.9 Å². The highest BCUT2D eigenvalue weighted by atomic mass is 79.9. The van der Waals surface area contributed by atoms with Crippen molar-refractivity contribution in [1.29, 1.82) is 0 Å². The number of carbonyl (C=O) groups excluding carboxylic acids is 1. The van der Waals surface area contributed by atoms with Gasteiger partial charge in [-0.3, -0.25) is 4.79 Å². The molecule has 0 aliphatic carbocycles. The number of halogens is 2. The van der Waals surface area contributed by atoms with Crippen molar-refractivity contribution < 1.29 is 14.3 Å². The van der Waals surface area contributed by atoms with Crippen LogP contribution in [0.4, 0.5) is 0 Å². The van der Waals surface area contributed by atoms with Crippen LogP contribution in [0.2, 0.25) is 0 Å². The predicted molar refractivity (Wildman–Crippen MR) is 81.4 cm³/mol. The molecule has 0 saturated carbocycles. The highest BCUT2D eigenvalue weighted by Gasteiger charge is 2.09. The highest BCUT2D eigenvalue weighted by Crippen LogP contribution is 2.32. The number of nitrogens with one attached hydrogen (secondary N) is 1. The molecule has 0 unspecified atom stereocenters. The van der Waals surface area contributed by atoms with Gasteiger partial charge in [-0.2, -0.15) is 0 Å². The number of ether oxygens (including phenoxy) is 2. The molecule has 19 heavy (non-hydrogen) atoms. The molecule has 0 fully saturated rings. The average Bonchev–Trinajstić information content (AvgIpc) is 2.34. The van der Waals surface area contributed by atoms with Gasteiger partial charge in [-0.1, -0.05) is 15.9 Å². The van der Waals surface area contributed by atoms with Crippen LogP contribution in [0.15, 0.2) is 21.1 Å². The number of methoxy groups -OCH3 is 1. The quantitative estimate of drug-likeness (QED) is 0.569. The van der Waals surface area contributed by atoms with E-state index in [1.54, 1.807) is 14.0 Å². The molecule has 0 aromatic heterocycles. The van der Waals surface area contributed by atoms with Crippen molar-refractivity contribution in [3.8, 4) is 5.75 Å². The predicted octanol–water partition coefficient (Wildman–Crippen LogP) is 3.26. The topological polar surface area (TPSA) is 47.6 Å². The van der Waals surface area contributed by atoms with Crippen molar-refractivity contribution in [3.63, 3.8) is 0 Å². The van der Waals surface area contributed by atoms with E-state index in [-0.39, 0.29) is 5.97 Å². The molecule has 0 atom stereocenters. The lowest BCUT2D eigenvalue weighted by atomic mass is 10.2. The Labute approximate surface area is 130 Å². The molecule has 0 saturated heterocycles. The minimum Gasteiger partial charge on any atom is -0.495 e. The maximum absolute atomic E-state index is 11.2. The number of hydrogen-bond donors (Lipinski definition) is 1. The third-order valence-corrected chi connectivity index (χ3v) is 3.46. The Morgan fingerprint density at radius 3 is 2.74 bits per heavy atom. The molecule has 106 valence electrons. The second-order valence-corrected chi connectivity index (χ2v) is 5.58. The van der Waals surface area contributed by atoms with Gasteiger partial charge in [0, 0.05) is 23.1 Å². The Hall–Kier alpha value is -0.590. The zero-order valence-corrected chi connectivity index (χ0v) is 14.1. The molecule has 0 amide bonds. The van der Waals surface area contributed by atoms with Crippen molar-refractivity contribution in [2.45, 2.75) is 19.9 Å². The monoisotopic (exact) mass is 393 g/mol. The van der Waals surface area contributed by atoms with Gasteiger partial charge in [-0.15, -0.1) is 0 Å². The maximum Gasteiger partial charge on any atom is 0.307 e. The first-order valence-electron chi connectivity index (χ1n) is 5.96. The summed E-state index contributed by atoms with van der Waals surface area (Å²) in [6, 6.07) is 3.92. The molecule has 4 nitrogen and oxygen atoms in total. The van der Waals surface area contributed by atoms with Gasteiger partial charge in [0.05, 0.1) is 24.6 Å². The number of hydrogen-bond acceptors (Lipinski definition) is 4. The molecule has 0 bridgehead atoms. The van der Waals surface area contributed by atoms with E-state index in [1.165, 1.54) is 0 Å². The zero-order valence-electron chi connectivity index (χ0n) is 11.0. The lowest BCUT2D eigenvalue weighted by Gasteiger charge is -2.12. The fourth-order valence-electron chi connectivity index (χ4n) is 1.62. The van der Waals surface area contributed by atoms with Crippen LogP contribution < -0.4 is 10.1 Å². The van der Waals surface area contributed by atoms with Gasteiger partial charge in [-0.25, -0.2) is 0 Å². The van der Waals surface area contributed by atoms with Gasteiger partial charge >= 0.3 is 5.97 Å². The molecule has 0 radical (unpaired) electrons. The maximum atomic E-state index is 11.2. The first-order chi connectivity index (χ1) is 9.08. The van der Waals surface area contributed by atoms with Crippen molar-refractivity contribution in [3.05, 3.63) is 26.6 Å². The van der Waals surface area contributed by atoms with Crippen LogP contribution in [-0.2, 0) is 16.1 Å². The second kappa shape index (κ2) is 8.55. The third-order valence-electron chi connectivity index (χ3n) is 2.42. The summed E-state index contributed by atoms with van der Waals surface area (Å²) >= 11 is 6.90. The largest absolute Gasteiger partial charge is 0.495 e. The Morgan fingerprint density at radius 2 is 2.11 bits per heavy atom. The van der Waals surface area contributed by atoms with E-state index in [1.807, 2.05) is 12.1 Å². The SMILES string of the molecule is CCOC(=O)CCNCc1cc(Br)cc(Br)c1OC. The van der Waals surface area contributed by atoms with Crippen LogP contribution in [-0.4, -0.2) is 26.2 Å². The van der Waals surface area contributed by atoms with Crippen molar-refractivity contribution in [2.24, 2.45) is 0 Å². The minimum absolute atomic E-state index is 0.183. The van der Waals surface area contributed by atoms with Gasteiger partial charge in [0.25, 0.3) is 0 Å². The fourth-order valence-corrected chi connectivity index (χ4v) is 3.10. The summed E-state index contributed by atoms with van der Waals surface area (Å²) in [6.07, 6.45) is 0.366. The Morgan fingerprint density at radius 1 is 1.37 bits per heavy atom. The first-order valence-corrected chi connectivity index (χ1v) is 7.55. The van der Waals surface area contributed by atoms with Gasteiger partial charge in [-0.05, 0) is 35.0 Å². The van der Waals surface area contributed by atoms with Crippen molar-refractivity contribution in [1.82, 2.24) is 5.32 Å². The molecule has 1 rings (SSSR count). The third kappa shape index (κ3) is 5.50. The molecular formula is C13H17Br2NO3. The smallest absolute Gasteiger partial charge is 0.307 e. The summed E-state index contributed by atoms with van der Waals surface area (Å²) in [7, 11) is 1.64. The van der Waals surface area contributed by atoms with Crippen LogP contribution in [0, 0.1) is 0 Å². The number of carbonyl (C=O) groups is 1. The van der Waals surface area contributed by atoms with E-state index in [9.17, 15) is 4.79 Å². The Balaban J connectivity index is 2.51. The summed E-state index contributed by atoms with van der Waals surface area (Å²) < 4.78 is 12.1. The van der Waals surface area contributed by atoms with Crippen LogP contribution in [0.5, 0.6) is 5.75 Å². The normalized spacial score (nSPS) is 10.3. The summed E-state index contributed by atoms with van der Waals surface area (Å²) in [6.45, 7) is 3.42. The van der Waals surface area contributed by atoms with Gasteiger partial charge in [0.15, 0.2) is 0 Å². The average molecular weight is 395 g/mol. The number of esters is 1. The molecule has 6 heteroatoms. The van der Waals surface area contributed by atoms with Crippen molar-refractivity contribution in [2.75, 3.05) is 20.3 Å². The van der Waals surface area contributed by atoms with E-state index in [0.29, 0.717) is 26.1 Å². The number of rotatable bonds is 7. The van der Waals surface area contributed by atoms with Gasteiger partial charge in [0.1, 0.15) is 5.75 Å². The first kappa shape index (κ1) is 16.5. The highest BCUT2D eigenvalue weighted by molar-refractivity contribution is 9.11. The van der Waals surface area contributed by atoms with E-state index in [0.717, 1.165) is 20.3 Å². The van der Waals surface area contributed by atoms with E-state index >= 15 is 0 Å². The van der Waals surface area contributed by atoms with Crippen LogP contribution in [0.1, 0.15) is 18.9 Å². The number of benzene rings is 1. The minimum atomic E-state index is -0.183. The molecule has 0 aliphatic heterocycles. The molecule has 1 N–H and O–H groups in total. The Bertz CT molecular complexity index is 438. The molecule has 1 aromatic rings. The molecule has 1 aromatic carbocycles. The van der Waals surface area contributed by atoms with Gasteiger partial charge < -0.3 is 14.8 Å². The summed E-state index contributed by atoms with van der Waals surface area (Å²) in [5.41, 5.74) is 1.02.